The highest BCUT2D eigenvalue weighted by molar-refractivity contribution is 7.92. The molecule has 190 valence electrons. The van der Waals surface area contributed by atoms with Gasteiger partial charge >= 0.3 is 0 Å². The van der Waals surface area contributed by atoms with E-state index < -0.39 is 34.3 Å². The molecule has 1 fully saturated rings. The summed E-state index contributed by atoms with van der Waals surface area (Å²) in [7, 11) is -3.81. The van der Waals surface area contributed by atoms with Crippen LogP contribution in [0.3, 0.4) is 0 Å². The summed E-state index contributed by atoms with van der Waals surface area (Å²) in [5.74, 6) is -1.42. The quantitative estimate of drug-likeness (QED) is 0.565. The molecule has 2 amide bonds. The zero-order chi connectivity index (χ0) is 25.6. The van der Waals surface area contributed by atoms with E-state index >= 15 is 0 Å². The van der Waals surface area contributed by atoms with E-state index in [-0.39, 0.29) is 24.1 Å². The van der Waals surface area contributed by atoms with Crippen LogP contribution >= 0.6 is 0 Å². The maximum atomic E-state index is 14.5. The molecule has 0 aromatic heterocycles. The number of hydrogen-bond acceptors (Lipinski definition) is 4. The predicted octanol–water partition coefficient (Wildman–Crippen LogP) is 3.77. The summed E-state index contributed by atoms with van der Waals surface area (Å²) in [6.45, 7) is 2.69. The molecule has 3 rings (SSSR count). The van der Waals surface area contributed by atoms with Crippen molar-refractivity contribution in [1.29, 1.82) is 0 Å². The molecular formula is C26H34FN3O4S. The van der Waals surface area contributed by atoms with Crippen molar-refractivity contribution in [3.8, 4) is 0 Å². The van der Waals surface area contributed by atoms with Crippen LogP contribution in [0.25, 0.3) is 0 Å². The number of para-hydroxylation sites is 1. The Hall–Kier alpha value is -2.94. The van der Waals surface area contributed by atoms with Crippen molar-refractivity contribution in [2.75, 3.05) is 17.1 Å². The number of nitrogens with one attached hydrogen (secondary N) is 1. The van der Waals surface area contributed by atoms with E-state index in [9.17, 15) is 22.4 Å². The summed E-state index contributed by atoms with van der Waals surface area (Å²) in [4.78, 5) is 27.9. The molecule has 1 saturated carbocycles. The molecule has 0 radical (unpaired) electrons. The van der Waals surface area contributed by atoms with Crippen LogP contribution in [-0.4, -0.2) is 50.0 Å². The van der Waals surface area contributed by atoms with Crippen LogP contribution in [0.1, 0.15) is 50.2 Å². The van der Waals surface area contributed by atoms with Gasteiger partial charge in [0, 0.05) is 18.2 Å². The molecule has 0 unspecified atom stereocenters. The third-order valence-corrected chi connectivity index (χ3v) is 7.61. The number of rotatable bonds is 9. The molecular weight excluding hydrogens is 469 g/mol. The van der Waals surface area contributed by atoms with Crippen molar-refractivity contribution in [1.82, 2.24) is 10.2 Å². The van der Waals surface area contributed by atoms with Crippen molar-refractivity contribution >= 4 is 27.5 Å². The van der Waals surface area contributed by atoms with E-state index in [2.05, 4.69) is 5.32 Å². The highest BCUT2D eigenvalue weighted by atomic mass is 32.2. The summed E-state index contributed by atoms with van der Waals surface area (Å²) in [6.07, 6.45) is 6.02. The first kappa shape index (κ1) is 26.7. The van der Waals surface area contributed by atoms with Crippen LogP contribution in [0.5, 0.6) is 0 Å². The largest absolute Gasteiger partial charge is 0.352 e. The number of carbonyl (C=O) groups excluding carboxylic acids is 2. The summed E-state index contributed by atoms with van der Waals surface area (Å²) < 4.78 is 40.8. The number of amides is 2. The molecule has 9 heteroatoms. The number of anilines is 1. The Morgan fingerprint density at radius 1 is 1.06 bits per heavy atom. The van der Waals surface area contributed by atoms with Gasteiger partial charge in [-0.3, -0.25) is 13.9 Å². The predicted molar refractivity (Wildman–Crippen MR) is 135 cm³/mol. The molecule has 0 saturated heterocycles. The molecule has 1 aliphatic rings. The number of aryl methyl sites for hydroxylation is 1. The summed E-state index contributed by atoms with van der Waals surface area (Å²) >= 11 is 0. The van der Waals surface area contributed by atoms with Crippen LogP contribution < -0.4 is 9.62 Å². The standard InChI is InChI=1S/C26H34FN3O4S/c1-19-11-7-10-16-24(19)30(35(3,33)34)18-25(31)29(17-21-12-8-9-15-23(21)27)20(2)26(32)28-22-13-5-4-6-14-22/h7-12,15-16,20,22H,4-6,13-14,17-18H2,1-3H3,(H,28,32)/t20-/m1/s1. The smallest absolute Gasteiger partial charge is 0.244 e. The van der Waals surface area contributed by atoms with Crippen molar-refractivity contribution in [2.24, 2.45) is 0 Å². The number of nitrogens with zero attached hydrogens (tertiary/aromatic N) is 2. The first-order valence-electron chi connectivity index (χ1n) is 11.9. The van der Waals surface area contributed by atoms with Gasteiger partial charge in [-0.1, -0.05) is 55.7 Å². The fraction of sp³-hybridized carbons (Fsp3) is 0.462. The lowest BCUT2D eigenvalue weighted by Crippen LogP contribution is -2.53. The second-order valence-corrected chi connectivity index (χ2v) is 11.1. The van der Waals surface area contributed by atoms with E-state index in [0.717, 1.165) is 42.7 Å². The van der Waals surface area contributed by atoms with Crippen molar-refractivity contribution in [3.63, 3.8) is 0 Å². The summed E-state index contributed by atoms with van der Waals surface area (Å²) in [6, 6.07) is 12.0. The van der Waals surface area contributed by atoms with Gasteiger partial charge in [-0.05, 0) is 44.4 Å². The minimum Gasteiger partial charge on any atom is -0.352 e. The Bertz CT molecular complexity index is 1150. The van der Waals surface area contributed by atoms with Gasteiger partial charge in [0.2, 0.25) is 21.8 Å². The van der Waals surface area contributed by atoms with Crippen molar-refractivity contribution < 1.29 is 22.4 Å². The summed E-state index contributed by atoms with van der Waals surface area (Å²) in [5, 5.41) is 3.02. The lowest BCUT2D eigenvalue weighted by molar-refractivity contribution is -0.139. The van der Waals surface area contributed by atoms with E-state index in [4.69, 9.17) is 0 Å². The summed E-state index contributed by atoms with van der Waals surface area (Å²) in [5.41, 5.74) is 1.32. The van der Waals surface area contributed by atoms with E-state index in [1.54, 1.807) is 56.3 Å². The maximum absolute atomic E-state index is 14.5. The first-order chi connectivity index (χ1) is 16.6. The second kappa shape index (κ2) is 11.7. The van der Waals surface area contributed by atoms with Crippen LogP contribution in [0, 0.1) is 12.7 Å². The highest BCUT2D eigenvalue weighted by Crippen LogP contribution is 2.23. The molecule has 1 atom stereocenters. The van der Waals surface area contributed by atoms with Crippen LogP contribution in [0.15, 0.2) is 48.5 Å². The fourth-order valence-electron chi connectivity index (χ4n) is 4.40. The molecule has 2 aromatic rings. The third-order valence-electron chi connectivity index (χ3n) is 6.48. The highest BCUT2D eigenvalue weighted by Gasteiger charge is 2.31. The van der Waals surface area contributed by atoms with Gasteiger partial charge in [0.05, 0.1) is 11.9 Å². The number of carbonyl (C=O) groups is 2. The minimum absolute atomic E-state index is 0.0450. The number of sulfonamides is 1. The Balaban J connectivity index is 1.89. The monoisotopic (exact) mass is 503 g/mol. The normalized spacial score (nSPS) is 15.3. The van der Waals surface area contributed by atoms with Gasteiger partial charge in [0.1, 0.15) is 18.4 Å². The van der Waals surface area contributed by atoms with Crippen molar-refractivity contribution in [2.45, 2.75) is 64.6 Å². The second-order valence-electron chi connectivity index (χ2n) is 9.19. The van der Waals surface area contributed by atoms with Gasteiger partial charge in [0.25, 0.3) is 0 Å². The van der Waals surface area contributed by atoms with Gasteiger partial charge < -0.3 is 10.2 Å². The first-order valence-corrected chi connectivity index (χ1v) is 13.8. The average molecular weight is 504 g/mol. The van der Waals surface area contributed by atoms with Gasteiger partial charge in [-0.25, -0.2) is 12.8 Å². The Morgan fingerprint density at radius 3 is 2.31 bits per heavy atom. The van der Waals surface area contributed by atoms with Crippen LogP contribution in [0.4, 0.5) is 10.1 Å². The average Bonchev–Trinajstić information content (AvgIpc) is 2.82. The molecule has 2 aromatic carbocycles. The Morgan fingerprint density at radius 2 is 1.69 bits per heavy atom. The zero-order valence-electron chi connectivity index (χ0n) is 20.5. The molecule has 0 aliphatic heterocycles. The number of benzene rings is 2. The van der Waals surface area contributed by atoms with Gasteiger partial charge in [-0.2, -0.15) is 0 Å². The van der Waals surface area contributed by atoms with Crippen LogP contribution in [-0.2, 0) is 26.2 Å². The van der Waals surface area contributed by atoms with E-state index in [1.165, 1.54) is 11.0 Å². The molecule has 7 nitrogen and oxygen atoms in total. The lowest BCUT2D eigenvalue weighted by atomic mass is 9.95. The van der Waals surface area contributed by atoms with E-state index in [1.807, 2.05) is 0 Å². The Labute approximate surface area is 207 Å². The molecule has 0 bridgehead atoms. The van der Waals surface area contributed by atoms with Crippen molar-refractivity contribution in [3.05, 3.63) is 65.5 Å². The van der Waals surface area contributed by atoms with Crippen LogP contribution in [0.2, 0.25) is 0 Å². The van der Waals surface area contributed by atoms with E-state index in [0.29, 0.717) is 11.3 Å². The minimum atomic E-state index is -3.81. The molecule has 0 spiro atoms. The topological polar surface area (TPSA) is 86.8 Å². The fourth-order valence-corrected chi connectivity index (χ4v) is 5.31. The zero-order valence-corrected chi connectivity index (χ0v) is 21.4. The number of hydrogen-bond donors (Lipinski definition) is 1. The molecule has 1 N–H and O–H groups in total. The SMILES string of the molecule is Cc1ccccc1N(CC(=O)N(Cc1ccccc1F)[C@H](C)C(=O)NC1CCCCC1)S(C)(=O)=O. The van der Waals surface area contributed by atoms with Gasteiger partial charge in [-0.15, -0.1) is 0 Å². The molecule has 0 heterocycles. The third kappa shape index (κ3) is 7.04. The number of halogens is 1. The van der Waals surface area contributed by atoms with Gasteiger partial charge in [0.15, 0.2) is 0 Å². The molecule has 1 aliphatic carbocycles. The lowest BCUT2D eigenvalue weighted by Gasteiger charge is -2.33. The maximum Gasteiger partial charge on any atom is 0.244 e. The Kier molecular flexibility index (Phi) is 8.88. The molecule has 35 heavy (non-hydrogen) atoms.